The molecule has 2 aromatic heterocycles. The number of sulfonamides is 1. The van der Waals surface area contributed by atoms with Crippen LogP contribution < -0.4 is 9.04 Å². The molecule has 0 fully saturated rings. The fourth-order valence-corrected chi connectivity index (χ4v) is 4.60. The second-order valence-corrected chi connectivity index (χ2v) is 8.52. The number of rotatable bonds is 6. The molecule has 30 heavy (non-hydrogen) atoms. The van der Waals surface area contributed by atoms with Gasteiger partial charge >= 0.3 is 0 Å². The van der Waals surface area contributed by atoms with Gasteiger partial charge in [0.1, 0.15) is 10.7 Å². The van der Waals surface area contributed by atoms with Gasteiger partial charge in [-0.2, -0.15) is 0 Å². The lowest BCUT2D eigenvalue weighted by atomic mass is 10.2. The van der Waals surface area contributed by atoms with Crippen LogP contribution in [0.25, 0.3) is 5.65 Å². The van der Waals surface area contributed by atoms with E-state index < -0.39 is 15.8 Å². The summed E-state index contributed by atoms with van der Waals surface area (Å²) in [6.45, 7) is 1.69. The molecule has 7 nitrogen and oxygen atoms in total. The number of hydrogen-bond acceptors (Lipinski definition) is 5. The number of hydrogen-bond donors (Lipinski definition) is 0. The standard InChI is InChI=1S/C21H19FN4O3S/c1-15-23-24-21-11-9-18(14-25(15)21)30(27,28)26(17-6-4-3-5-7-17)13-16-8-10-20(29-2)19(22)12-16/h3-12,14H,13H2,1-2H3. The molecule has 154 valence electrons. The number of aromatic nitrogens is 3. The van der Waals surface area contributed by atoms with Crippen LogP contribution in [-0.4, -0.2) is 30.1 Å². The van der Waals surface area contributed by atoms with Crippen LogP contribution in [0.2, 0.25) is 0 Å². The maximum Gasteiger partial charge on any atom is 0.266 e. The zero-order valence-electron chi connectivity index (χ0n) is 16.4. The first-order valence-corrected chi connectivity index (χ1v) is 10.6. The van der Waals surface area contributed by atoms with E-state index in [2.05, 4.69) is 10.2 Å². The second kappa shape index (κ2) is 7.75. The van der Waals surface area contributed by atoms with Gasteiger partial charge in [-0.15, -0.1) is 10.2 Å². The van der Waals surface area contributed by atoms with Crippen molar-refractivity contribution < 1.29 is 17.5 Å². The third-order valence-corrected chi connectivity index (χ3v) is 6.48. The van der Waals surface area contributed by atoms with E-state index in [9.17, 15) is 12.8 Å². The molecule has 0 aliphatic heterocycles. The van der Waals surface area contributed by atoms with Crippen molar-refractivity contribution in [1.29, 1.82) is 0 Å². The minimum Gasteiger partial charge on any atom is -0.494 e. The first-order valence-electron chi connectivity index (χ1n) is 9.12. The number of benzene rings is 2. The summed E-state index contributed by atoms with van der Waals surface area (Å²) in [6, 6.07) is 16.2. The molecule has 0 N–H and O–H groups in total. The van der Waals surface area contributed by atoms with Gasteiger partial charge < -0.3 is 4.74 Å². The minimum absolute atomic E-state index is 0.0491. The molecule has 0 radical (unpaired) electrons. The molecular formula is C21H19FN4O3S. The van der Waals surface area contributed by atoms with Crippen molar-refractivity contribution in [2.45, 2.75) is 18.4 Å². The first-order chi connectivity index (χ1) is 14.4. The lowest BCUT2D eigenvalue weighted by Gasteiger charge is -2.25. The molecule has 2 aromatic carbocycles. The van der Waals surface area contributed by atoms with Crippen molar-refractivity contribution >= 4 is 21.4 Å². The lowest BCUT2D eigenvalue weighted by Crippen LogP contribution is -2.30. The maximum absolute atomic E-state index is 14.2. The normalized spacial score (nSPS) is 11.6. The van der Waals surface area contributed by atoms with Crippen LogP contribution in [0.4, 0.5) is 10.1 Å². The highest BCUT2D eigenvalue weighted by Gasteiger charge is 2.26. The van der Waals surface area contributed by atoms with Gasteiger partial charge in [0.25, 0.3) is 10.0 Å². The quantitative estimate of drug-likeness (QED) is 0.471. The van der Waals surface area contributed by atoms with Gasteiger partial charge in [-0.05, 0) is 48.9 Å². The largest absolute Gasteiger partial charge is 0.494 e. The monoisotopic (exact) mass is 426 g/mol. The maximum atomic E-state index is 14.2. The molecule has 4 aromatic rings. The lowest BCUT2D eigenvalue weighted by molar-refractivity contribution is 0.386. The van der Waals surface area contributed by atoms with Crippen molar-refractivity contribution in [3.8, 4) is 5.75 Å². The van der Waals surface area contributed by atoms with Crippen LogP contribution in [0.1, 0.15) is 11.4 Å². The Morgan fingerprint density at radius 1 is 1.07 bits per heavy atom. The molecule has 0 aliphatic rings. The van der Waals surface area contributed by atoms with Gasteiger partial charge in [0.2, 0.25) is 0 Å². The number of halogens is 1. The Bertz CT molecular complexity index is 1310. The van der Waals surface area contributed by atoms with Gasteiger partial charge in [-0.3, -0.25) is 8.71 Å². The zero-order valence-corrected chi connectivity index (χ0v) is 17.2. The van der Waals surface area contributed by atoms with Crippen LogP contribution in [0.3, 0.4) is 0 Å². The van der Waals surface area contributed by atoms with Crippen LogP contribution in [0.15, 0.2) is 71.8 Å². The second-order valence-electron chi connectivity index (χ2n) is 6.66. The number of pyridine rings is 1. The molecule has 0 spiro atoms. The molecule has 0 aliphatic carbocycles. The first kappa shape index (κ1) is 19.8. The molecule has 0 bridgehead atoms. The van der Waals surface area contributed by atoms with Crippen molar-refractivity contribution in [1.82, 2.24) is 14.6 Å². The Balaban J connectivity index is 1.80. The average molecular weight is 426 g/mol. The Kier molecular flexibility index (Phi) is 5.13. The smallest absolute Gasteiger partial charge is 0.266 e. The summed E-state index contributed by atoms with van der Waals surface area (Å²) < 4.78 is 49.2. The molecule has 2 heterocycles. The Morgan fingerprint density at radius 2 is 1.83 bits per heavy atom. The highest BCUT2D eigenvalue weighted by atomic mass is 32.2. The van der Waals surface area contributed by atoms with Gasteiger partial charge in [0, 0.05) is 6.20 Å². The van der Waals surface area contributed by atoms with E-state index in [0.717, 1.165) is 0 Å². The number of nitrogens with zero attached hydrogens (tertiary/aromatic N) is 4. The predicted octanol–water partition coefficient (Wildman–Crippen LogP) is 3.58. The van der Waals surface area contributed by atoms with Crippen LogP contribution in [-0.2, 0) is 16.6 Å². The number of fused-ring (bicyclic) bond motifs is 1. The highest BCUT2D eigenvalue weighted by Crippen LogP contribution is 2.27. The van der Waals surface area contributed by atoms with Crippen molar-refractivity contribution in [3.63, 3.8) is 0 Å². The Labute approximate surface area is 173 Å². The number of aryl methyl sites for hydroxylation is 1. The average Bonchev–Trinajstić information content (AvgIpc) is 3.13. The van der Waals surface area contributed by atoms with E-state index in [1.54, 1.807) is 53.8 Å². The van der Waals surface area contributed by atoms with Crippen LogP contribution in [0.5, 0.6) is 5.75 Å². The third-order valence-electron chi connectivity index (χ3n) is 4.72. The molecule has 0 unspecified atom stereocenters. The van der Waals surface area contributed by atoms with Gasteiger partial charge in [0.15, 0.2) is 17.2 Å². The van der Waals surface area contributed by atoms with Crippen molar-refractivity contribution in [2.75, 3.05) is 11.4 Å². The highest BCUT2D eigenvalue weighted by molar-refractivity contribution is 7.92. The van der Waals surface area contributed by atoms with E-state index in [0.29, 0.717) is 22.7 Å². The van der Waals surface area contributed by atoms with Crippen LogP contribution in [0, 0.1) is 12.7 Å². The Morgan fingerprint density at radius 3 is 2.53 bits per heavy atom. The van der Waals surface area contributed by atoms with E-state index in [-0.39, 0.29) is 17.2 Å². The van der Waals surface area contributed by atoms with Gasteiger partial charge in [0.05, 0.1) is 19.3 Å². The topological polar surface area (TPSA) is 76.8 Å². The molecule has 9 heteroatoms. The Hall–Kier alpha value is -3.46. The SMILES string of the molecule is COc1ccc(CN(c2ccccc2)S(=O)(=O)c2ccc3nnc(C)n3c2)cc1F. The zero-order chi connectivity index (χ0) is 21.3. The summed E-state index contributed by atoms with van der Waals surface area (Å²) in [6.07, 6.45) is 1.49. The third kappa shape index (κ3) is 3.59. The fraction of sp³-hybridized carbons (Fsp3) is 0.143. The molecular weight excluding hydrogens is 407 g/mol. The molecule has 4 rings (SSSR count). The number of methoxy groups -OCH3 is 1. The van der Waals surface area contributed by atoms with E-state index >= 15 is 0 Å². The molecule has 0 saturated carbocycles. The fourth-order valence-electron chi connectivity index (χ4n) is 3.15. The summed E-state index contributed by atoms with van der Waals surface area (Å²) >= 11 is 0. The minimum atomic E-state index is -3.96. The van der Waals surface area contributed by atoms with Gasteiger partial charge in [-0.1, -0.05) is 24.3 Å². The van der Waals surface area contributed by atoms with E-state index in [1.165, 1.54) is 35.8 Å². The molecule has 0 atom stereocenters. The van der Waals surface area contributed by atoms with Crippen molar-refractivity contribution in [2.24, 2.45) is 0 Å². The van der Waals surface area contributed by atoms with E-state index in [1.807, 2.05) is 0 Å². The number of anilines is 1. The van der Waals surface area contributed by atoms with Gasteiger partial charge in [-0.25, -0.2) is 12.8 Å². The predicted molar refractivity (Wildman–Crippen MR) is 110 cm³/mol. The van der Waals surface area contributed by atoms with Crippen molar-refractivity contribution in [3.05, 3.63) is 84.1 Å². The number of ether oxygens (including phenoxy) is 1. The summed E-state index contributed by atoms with van der Waals surface area (Å²) in [5.41, 5.74) is 1.51. The summed E-state index contributed by atoms with van der Waals surface area (Å²) in [5.74, 6) is 0.119. The number of para-hydroxylation sites is 1. The summed E-state index contributed by atoms with van der Waals surface area (Å²) in [4.78, 5) is 0.0794. The van der Waals surface area contributed by atoms with E-state index in [4.69, 9.17) is 4.74 Å². The molecule has 0 amide bonds. The van der Waals surface area contributed by atoms with Crippen LogP contribution >= 0.6 is 0 Å². The summed E-state index contributed by atoms with van der Waals surface area (Å²) in [5, 5.41) is 7.96. The summed E-state index contributed by atoms with van der Waals surface area (Å²) in [7, 11) is -2.59. The molecule has 0 saturated heterocycles.